The van der Waals surface area contributed by atoms with Crippen LogP contribution in [0.1, 0.15) is 43.7 Å². The van der Waals surface area contributed by atoms with Crippen LogP contribution in [0.3, 0.4) is 0 Å². The molecule has 0 radical (unpaired) electrons. The molecule has 1 heterocycles. The maximum absolute atomic E-state index is 12.7. The first kappa shape index (κ1) is 14.1. The van der Waals surface area contributed by atoms with Crippen LogP contribution in [0.5, 0.6) is 0 Å². The Bertz CT molecular complexity index is 594. The van der Waals surface area contributed by atoms with Crippen LogP contribution in [-0.4, -0.2) is 25.8 Å². The maximum atomic E-state index is 12.7. The van der Waals surface area contributed by atoms with E-state index in [1.807, 2.05) is 12.1 Å². The number of piperidine rings is 1. The molecule has 0 bridgehead atoms. The Morgan fingerprint density at radius 3 is 2.60 bits per heavy atom. The molecule has 110 valence electrons. The average molecular weight is 293 g/mol. The van der Waals surface area contributed by atoms with Gasteiger partial charge in [-0.1, -0.05) is 13.0 Å². The molecule has 1 aromatic rings. The molecule has 1 aliphatic heterocycles. The van der Waals surface area contributed by atoms with Crippen LogP contribution < -0.4 is 0 Å². The molecule has 3 nitrogen and oxygen atoms in total. The van der Waals surface area contributed by atoms with Gasteiger partial charge in [0.05, 0.1) is 4.90 Å². The minimum Gasteiger partial charge on any atom is -0.207 e. The summed E-state index contributed by atoms with van der Waals surface area (Å²) in [6, 6.07) is 5.75. The molecule has 0 unspecified atom stereocenters. The first-order chi connectivity index (χ1) is 9.57. The smallest absolute Gasteiger partial charge is 0.207 e. The molecule has 1 aliphatic carbocycles. The van der Waals surface area contributed by atoms with Crippen molar-refractivity contribution in [2.45, 2.75) is 50.3 Å². The quantitative estimate of drug-likeness (QED) is 0.840. The van der Waals surface area contributed by atoms with Gasteiger partial charge in [-0.25, -0.2) is 8.42 Å². The Hall–Kier alpha value is -0.870. The third-order valence-electron chi connectivity index (χ3n) is 4.58. The van der Waals surface area contributed by atoms with E-state index in [0.29, 0.717) is 23.9 Å². The summed E-state index contributed by atoms with van der Waals surface area (Å²) in [5.74, 6) is 0.469. The zero-order valence-corrected chi connectivity index (χ0v) is 13.0. The van der Waals surface area contributed by atoms with Gasteiger partial charge in [-0.05, 0) is 67.7 Å². The van der Waals surface area contributed by atoms with Crippen molar-refractivity contribution in [1.29, 1.82) is 0 Å². The van der Waals surface area contributed by atoms with Crippen molar-refractivity contribution in [3.8, 4) is 0 Å². The van der Waals surface area contributed by atoms with Crippen LogP contribution in [-0.2, 0) is 22.9 Å². The van der Waals surface area contributed by atoms with E-state index in [1.165, 1.54) is 24.0 Å². The second-order valence-corrected chi connectivity index (χ2v) is 8.19. The van der Waals surface area contributed by atoms with E-state index >= 15 is 0 Å². The zero-order chi connectivity index (χ0) is 14.2. The highest BCUT2D eigenvalue weighted by molar-refractivity contribution is 7.89. The van der Waals surface area contributed by atoms with Gasteiger partial charge >= 0.3 is 0 Å². The normalized spacial score (nSPS) is 24.4. The number of sulfonamides is 1. The van der Waals surface area contributed by atoms with E-state index < -0.39 is 10.0 Å². The topological polar surface area (TPSA) is 37.4 Å². The number of hydrogen-bond donors (Lipinski definition) is 0. The lowest BCUT2D eigenvalue weighted by Crippen LogP contribution is -2.39. The Morgan fingerprint density at radius 1 is 1.10 bits per heavy atom. The Labute approximate surface area is 122 Å². The number of nitrogens with zero attached hydrogens (tertiary/aromatic N) is 1. The molecule has 1 saturated heterocycles. The molecule has 20 heavy (non-hydrogen) atoms. The minimum atomic E-state index is -3.30. The summed E-state index contributed by atoms with van der Waals surface area (Å²) in [6.45, 7) is 3.47. The van der Waals surface area contributed by atoms with Gasteiger partial charge in [0.2, 0.25) is 10.0 Å². The van der Waals surface area contributed by atoms with E-state index in [1.54, 1.807) is 10.4 Å². The third-order valence-corrected chi connectivity index (χ3v) is 6.44. The summed E-state index contributed by atoms with van der Waals surface area (Å²) < 4.78 is 27.2. The number of rotatable bonds is 2. The van der Waals surface area contributed by atoms with Crippen molar-refractivity contribution in [3.05, 3.63) is 29.3 Å². The monoisotopic (exact) mass is 293 g/mol. The van der Waals surface area contributed by atoms with E-state index in [2.05, 4.69) is 6.92 Å². The fourth-order valence-corrected chi connectivity index (χ4v) is 5.03. The van der Waals surface area contributed by atoms with E-state index in [9.17, 15) is 8.42 Å². The Kier molecular flexibility index (Phi) is 3.87. The maximum Gasteiger partial charge on any atom is 0.243 e. The van der Waals surface area contributed by atoms with Gasteiger partial charge in [-0.15, -0.1) is 0 Å². The SMILES string of the molecule is C[C@H]1CCCN(S(=O)(=O)c2ccc3c(c2)CCCC3)C1. The average Bonchev–Trinajstić information content (AvgIpc) is 2.46. The molecule has 3 rings (SSSR count). The summed E-state index contributed by atoms with van der Waals surface area (Å²) in [4.78, 5) is 0.493. The molecule has 4 heteroatoms. The second-order valence-electron chi connectivity index (χ2n) is 6.25. The lowest BCUT2D eigenvalue weighted by Gasteiger charge is -2.30. The van der Waals surface area contributed by atoms with Gasteiger partial charge in [-0.3, -0.25) is 0 Å². The number of aryl methyl sites for hydroxylation is 2. The standard InChI is InChI=1S/C16H23NO2S/c1-13-5-4-10-17(12-13)20(18,19)16-9-8-14-6-2-3-7-15(14)11-16/h8-9,11,13H,2-7,10,12H2,1H3/t13-/m0/s1. The van der Waals surface area contributed by atoms with Gasteiger partial charge < -0.3 is 0 Å². The van der Waals surface area contributed by atoms with E-state index in [0.717, 1.165) is 25.7 Å². The Morgan fingerprint density at radius 2 is 1.85 bits per heavy atom. The van der Waals surface area contributed by atoms with Gasteiger partial charge in [0.25, 0.3) is 0 Å². The Balaban J connectivity index is 1.90. The first-order valence-corrected chi connectivity index (χ1v) is 9.13. The highest BCUT2D eigenvalue weighted by atomic mass is 32.2. The molecule has 2 aliphatic rings. The second kappa shape index (κ2) is 5.49. The van der Waals surface area contributed by atoms with Crippen LogP contribution in [0.15, 0.2) is 23.1 Å². The minimum absolute atomic E-state index is 0.469. The molecule has 0 N–H and O–H groups in total. The number of benzene rings is 1. The summed E-state index contributed by atoms with van der Waals surface area (Å²) in [7, 11) is -3.30. The molecular weight excluding hydrogens is 270 g/mol. The lowest BCUT2D eigenvalue weighted by atomic mass is 9.92. The van der Waals surface area contributed by atoms with Crippen molar-refractivity contribution in [2.75, 3.05) is 13.1 Å². The predicted octanol–water partition coefficient (Wildman–Crippen LogP) is 2.99. The molecule has 1 fully saturated rings. The van der Waals surface area contributed by atoms with Crippen molar-refractivity contribution in [1.82, 2.24) is 4.31 Å². The summed E-state index contributed by atoms with van der Waals surface area (Å²) in [6.07, 6.45) is 6.63. The fourth-order valence-electron chi connectivity index (χ4n) is 3.38. The highest BCUT2D eigenvalue weighted by Gasteiger charge is 2.29. The lowest BCUT2D eigenvalue weighted by molar-refractivity contribution is 0.281. The van der Waals surface area contributed by atoms with Gasteiger partial charge in [0.1, 0.15) is 0 Å². The van der Waals surface area contributed by atoms with Crippen LogP contribution >= 0.6 is 0 Å². The molecule has 0 saturated carbocycles. The van der Waals surface area contributed by atoms with Crippen LogP contribution in [0.4, 0.5) is 0 Å². The molecular formula is C16H23NO2S. The molecule has 1 atom stereocenters. The van der Waals surface area contributed by atoms with E-state index in [-0.39, 0.29) is 0 Å². The summed E-state index contributed by atoms with van der Waals surface area (Å²) in [5, 5.41) is 0. The van der Waals surface area contributed by atoms with Crippen LogP contribution in [0.25, 0.3) is 0 Å². The number of hydrogen-bond acceptors (Lipinski definition) is 2. The number of fused-ring (bicyclic) bond motifs is 1. The third kappa shape index (κ3) is 2.63. The molecule has 0 spiro atoms. The van der Waals surface area contributed by atoms with E-state index in [4.69, 9.17) is 0 Å². The van der Waals surface area contributed by atoms with Gasteiger partial charge in [-0.2, -0.15) is 4.31 Å². The van der Waals surface area contributed by atoms with Crippen molar-refractivity contribution >= 4 is 10.0 Å². The van der Waals surface area contributed by atoms with Crippen LogP contribution in [0, 0.1) is 5.92 Å². The fraction of sp³-hybridized carbons (Fsp3) is 0.625. The summed E-state index contributed by atoms with van der Waals surface area (Å²) >= 11 is 0. The van der Waals surface area contributed by atoms with Crippen LogP contribution in [0.2, 0.25) is 0 Å². The highest BCUT2D eigenvalue weighted by Crippen LogP contribution is 2.27. The molecule has 1 aromatic carbocycles. The summed E-state index contributed by atoms with van der Waals surface area (Å²) in [5.41, 5.74) is 2.57. The van der Waals surface area contributed by atoms with Gasteiger partial charge in [0.15, 0.2) is 0 Å². The zero-order valence-electron chi connectivity index (χ0n) is 12.1. The first-order valence-electron chi connectivity index (χ1n) is 7.69. The molecule has 0 amide bonds. The van der Waals surface area contributed by atoms with Gasteiger partial charge in [0, 0.05) is 13.1 Å². The van der Waals surface area contributed by atoms with Crippen molar-refractivity contribution in [2.24, 2.45) is 5.92 Å². The predicted molar refractivity (Wildman–Crippen MR) is 80.2 cm³/mol. The van der Waals surface area contributed by atoms with Crippen molar-refractivity contribution < 1.29 is 8.42 Å². The van der Waals surface area contributed by atoms with Crippen molar-refractivity contribution in [3.63, 3.8) is 0 Å². The largest absolute Gasteiger partial charge is 0.243 e. The molecule has 0 aromatic heterocycles.